The summed E-state index contributed by atoms with van der Waals surface area (Å²) in [6, 6.07) is 6.38. The summed E-state index contributed by atoms with van der Waals surface area (Å²) in [5, 5.41) is 2.71. The van der Waals surface area contributed by atoms with Crippen LogP contribution in [0.15, 0.2) is 30.3 Å². The summed E-state index contributed by atoms with van der Waals surface area (Å²) >= 11 is 0. The largest absolute Gasteiger partial charge is 0.433 e. The van der Waals surface area contributed by atoms with Gasteiger partial charge in [-0.2, -0.15) is 13.2 Å². The van der Waals surface area contributed by atoms with Gasteiger partial charge in [-0.3, -0.25) is 4.79 Å². The van der Waals surface area contributed by atoms with Crippen LogP contribution in [0.3, 0.4) is 0 Å². The molecule has 1 aliphatic rings. The lowest BCUT2D eigenvalue weighted by atomic mass is 9.98. The molecule has 0 aliphatic carbocycles. The molecule has 1 fully saturated rings. The molecule has 35 heavy (non-hydrogen) atoms. The Morgan fingerprint density at radius 3 is 2.37 bits per heavy atom. The molecule has 0 saturated carbocycles. The number of nitrogens with zero attached hydrogens (tertiary/aromatic N) is 3. The van der Waals surface area contributed by atoms with Gasteiger partial charge in [0.25, 0.3) is 0 Å². The van der Waals surface area contributed by atoms with Crippen LogP contribution < -0.4 is 10.2 Å². The van der Waals surface area contributed by atoms with Crippen LogP contribution in [0, 0.1) is 5.82 Å². The molecule has 12 heteroatoms. The van der Waals surface area contributed by atoms with Gasteiger partial charge in [-0.05, 0) is 37.5 Å². The lowest BCUT2D eigenvalue weighted by Crippen LogP contribution is -2.30. The summed E-state index contributed by atoms with van der Waals surface area (Å²) in [7, 11) is -2.14. The zero-order chi connectivity index (χ0) is 26.0. The molecule has 1 atom stereocenters. The van der Waals surface area contributed by atoms with Crippen molar-refractivity contribution in [3.8, 4) is 0 Å². The molecule has 0 radical (unpaired) electrons. The van der Waals surface area contributed by atoms with Crippen LogP contribution in [0.2, 0.25) is 0 Å². The van der Waals surface area contributed by atoms with Gasteiger partial charge in [0.15, 0.2) is 0 Å². The van der Waals surface area contributed by atoms with E-state index in [9.17, 15) is 30.8 Å². The van der Waals surface area contributed by atoms with Crippen LogP contribution in [0.4, 0.5) is 23.4 Å². The van der Waals surface area contributed by atoms with Gasteiger partial charge in [-0.1, -0.05) is 18.2 Å². The number of sulfonamides is 1. The summed E-state index contributed by atoms with van der Waals surface area (Å²) in [4.78, 5) is 18.3. The Morgan fingerprint density at radius 2 is 1.80 bits per heavy atom. The molecule has 0 bridgehead atoms. The molecule has 3 rings (SSSR count). The number of rotatable bonds is 8. The van der Waals surface area contributed by atoms with Crippen LogP contribution in [0.25, 0.3) is 0 Å². The molecule has 7 nitrogen and oxygen atoms in total. The maximum Gasteiger partial charge on any atom is 0.433 e. The highest BCUT2D eigenvalue weighted by atomic mass is 32.2. The van der Waals surface area contributed by atoms with Gasteiger partial charge < -0.3 is 10.2 Å². The molecule has 2 aromatic rings. The summed E-state index contributed by atoms with van der Waals surface area (Å²) in [6.45, 7) is 2.59. The molecule has 192 valence electrons. The molecule has 2 heterocycles. The molecular formula is C23H28F4N4O3S. The highest BCUT2D eigenvalue weighted by Crippen LogP contribution is 2.32. The van der Waals surface area contributed by atoms with E-state index in [4.69, 9.17) is 0 Å². The SMILES string of the molecule is CC(C(=O)NCc1ccc(C(F)(F)F)nc1N1CCCC1)c1ccc(CN(C)S(C)(=O)=O)c(F)c1. The van der Waals surface area contributed by atoms with Crippen LogP contribution in [-0.4, -0.2) is 50.0 Å². The van der Waals surface area contributed by atoms with E-state index in [-0.39, 0.29) is 24.5 Å². The molecule has 1 N–H and O–H groups in total. The molecule has 1 saturated heterocycles. The second-order valence-corrected chi connectivity index (χ2v) is 10.8. The average molecular weight is 517 g/mol. The molecule has 1 amide bonds. The number of amides is 1. The minimum Gasteiger partial charge on any atom is -0.356 e. The lowest BCUT2D eigenvalue weighted by molar-refractivity contribution is -0.141. The zero-order valence-electron chi connectivity index (χ0n) is 19.7. The summed E-state index contributed by atoms with van der Waals surface area (Å²) in [6.07, 6.45) is -1.85. The second-order valence-electron chi connectivity index (χ2n) is 8.68. The number of carbonyl (C=O) groups is 1. The van der Waals surface area contributed by atoms with E-state index in [1.54, 1.807) is 17.9 Å². The summed E-state index contributed by atoms with van der Waals surface area (Å²) in [5.74, 6) is -1.61. The standard InChI is InChI=1S/C23H28F4N4O3S/c1-15(16-6-7-18(19(24)12-16)14-30(2)35(3,33)34)22(32)28-13-17-8-9-20(23(25,26)27)29-21(17)31-10-4-5-11-31/h6-9,12,15H,4-5,10-11,13-14H2,1-3H3,(H,28,32). The number of benzene rings is 1. The fourth-order valence-corrected chi connectivity index (χ4v) is 4.15. The molecule has 1 aromatic carbocycles. The minimum absolute atomic E-state index is 0.0279. The highest BCUT2D eigenvalue weighted by molar-refractivity contribution is 7.88. The number of hydrogen-bond acceptors (Lipinski definition) is 5. The van der Waals surface area contributed by atoms with Crippen molar-refractivity contribution in [3.63, 3.8) is 0 Å². The zero-order valence-corrected chi connectivity index (χ0v) is 20.5. The van der Waals surface area contributed by atoms with E-state index in [0.29, 0.717) is 24.2 Å². The first-order chi connectivity index (χ1) is 16.3. The Morgan fingerprint density at radius 1 is 1.17 bits per heavy atom. The Labute approximate surface area is 202 Å². The van der Waals surface area contributed by atoms with Crippen molar-refractivity contribution in [1.82, 2.24) is 14.6 Å². The number of pyridine rings is 1. The quantitative estimate of drug-likeness (QED) is 0.542. The average Bonchev–Trinajstić information content (AvgIpc) is 3.31. The van der Waals surface area contributed by atoms with Gasteiger partial charge in [-0.15, -0.1) is 0 Å². The highest BCUT2D eigenvalue weighted by Gasteiger charge is 2.34. The van der Waals surface area contributed by atoms with E-state index >= 15 is 0 Å². The number of carbonyl (C=O) groups excluding carboxylic acids is 1. The van der Waals surface area contributed by atoms with Gasteiger partial charge in [0.2, 0.25) is 15.9 Å². The van der Waals surface area contributed by atoms with Crippen molar-refractivity contribution in [3.05, 3.63) is 58.5 Å². The first-order valence-electron chi connectivity index (χ1n) is 11.1. The van der Waals surface area contributed by atoms with E-state index in [2.05, 4.69) is 10.3 Å². The smallest absolute Gasteiger partial charge is 0.356 e. The van der Waals surface area contributed by atoms with Crippen molar-refractivity contribution >= 4 is 21.7 Å². The van der Waals surface area contributed by atoms with Crippen LogP contribution >= 0.6 is 0 Å². The number of nitrogens with one attached hydrogen (secondary N) is 1. The van der Waals surface area contributed by atoms with Crippen LogP contribution in [-0.2, 0) is 34.1 Å². The van der Waals surface area contributed by atoms with Gasteiger partial charge in [0.1, 0.15) is 17.3 Å². The van der Waals surface area contributed by atoms with Crippen molar-refractivity contribution in [2.24, 2.45) is 0 Å². The number of halogens is 4. The van der Waals surface area contributed by atoms with E-state index in [0.717, 1.165) is 29.5 Å². The summed E-state index contributed by atoms with van der Waals surface area (Å²) in [5.41, 5.74) is 0.0298. The third kappa shape index (κ3) is 6.69. The maximum atomic E-state index is 14.6. The summed E-state index contributed by atoms with van der Waals surface area (Å²) < 4.78 is 78.2. The van der Waals surface area contributed by atoms with E-state index in [1.807, 2.05) is 0 Å². The van der Waals surface area contributed by atoms with Crippen molar-refractivity contribution in [1.29, 1.82) is 0 Å². The van der Waals surface area contributed by atoms with Gasteiger partial charge in [0, 0.05) is 44.4 Å². The molecular weight excluding hydrogens is 488 g/mol. The second kappa shape index (κ2) is 10.5. The van der Waals surface area contributed by atoms with Crippen molar-refractivity contribution < 1.29 is 30.8 Å². The number of anilines is 1. The molecule has 1 unspecified atom stereocenters. The van der Waals surface area contributed by atoms with Crippen LogP contribution in [0.1, 0.15) is 48.1 Å². The van der Waals surface area contributed by atoms with Crippen molar-refractivity contribution in [2.45, 2.75) is 44.9 Å². The first kappa shape index (κ1) is 26.9. The Bertz CT molecular complexity index is 1180. The number of hydrogen-bond donors (Lipinski definition) is 1. The Kier molecular flexibility index (Phi) is 8.05. The van der Waals surface area contributed by atoms with Gasteiger partial charge in [-0.25, -0.2) is 22.1 Å². The topological polar surface area (TPSA) is 82.6 Å². The predicted octanol–water partition coefficient (Wildman–Crippen LogP) is 3.65. The number of aromatic nitrogens is 1. The van der Waals surface area contributed by atoms with E-state index < -0.39 is 39.5 Å². The Hall–Kier alpha value is -2.73. The minimum atomic E-state index is -4.57. The lowest BCUT2D eigenvalue weighted by Gasteiger charge is -2.22. The molecule has 1 aromatic heterocycles. The van der Waals surface area contributed by atoms with Crippen LogP contribution in [0.5, 0.6) is 0 Å². The third-order valence-electron chi connectivity index (χ3n) is 6.03. The molecule has 0 spiro atoms. The fourth-order valence-electron chi connectivity index (χ4n) is 3.78. The fraction of sp³-hybridized carbons (Fsp3) is 0.478. The van der Waals surface area contributed by atoms with Gasteiger partial charge >= 0.3 is 6.18 Å². The number of alkyl halides is 3. The van der Waals surface area contributed by atoms with Crippen molar-refractivity contribution in [2.75, 3.05) is 31.3 Å². The van der Waals surface area contributed by atoms with E-state index in [1.165, 1.54) is 25.2 Å². The first-order valence-corrected chi connectivity index (χ1v) is 12.9. The monoisotopic (exact) mass is 516 g/mol. The normalized spacial score (nSPS) is 15.5. The maximum absolute atomic E-state index is 14.6. The third-order valence-corrected chi connectivity index (χ3v) is 7.30. The molecule has 1 aliphatic heterocycles. The van der Waals surface area contributed by atoms with Gasteiger partial charge in [0.05, 0.1) is 12.2 Å². The Balaban J connectivity index is 1.72. The predicted molar refractivity (Wildman–Crippen MR) is 124 cm³/mol.